The van der Waals surface area contributed by atoms with Crippen LogP contribution in [-0.4, -0.2) is 50.7 Å². The predicted octanol–water partition coefficient (Wildman–Crippen LogP) is 1.98. The van der Waals surface area contributed by atoms with Crippen molar-refractivity contribution >= 4 is 5.91 Å². The van der Waals surface area contributed by atoms with Gasteiger partial charge in [-0.25, -0.2) is 0 Å². The molecule has 4 rings (SSSR count). The van der Waals surface area contributed by atoms with Gasteiger partial charge in [0.1, 0.15) is 0 Å². The lowest BCUT2D eigenvalue weighted by molar-refractivity contribution is 0.0781. The number of nitrogens with zero attached hydrogens (tertiary/aromatic N) is 4. The molecule has 1 N–H and O–H groups in total. The first-order chi connectivity index (χ1) is 12.8. The highest BCUT2D eigenvalue weighted by molar-refractivity contribution is 5.94. The summed E-state index contributed by atoms with van der Waals surface area (Å²) < 4.78 is 5.44. The van der Waals surface area contributed by atoms with E-state index in [1.807, 2.05) is 18.2 Å². The van der Waals surface area contributed by atoms with Crippen LogP contribution in [0.15, 0.2) is 59.4 Å². The first-order valence-corrected chi connectivity index (χ1v) is 8.45. The van der Waals surface area contributed by atoms with Gasteiger partial charge in [-0.2, -0.15) is 4.98 Å². The second-order valence-electron chi connectivity index (χ2n) is 6.32. The molecule has 1 aliphatic heterocycles. The monoisotopic (exact) mass is 350 g/mol. The van der Waals surface area contributed by atoms with Crippen LogP contribution in [0.25, 0.3) is 11.4 Å². The van der Waals surface area contributed by atoms with E-state index in [0.717, 1.165) is 5.56 Å². The number of pyridine rings is 1. The number of aliphatic hydroxyl groups is 1. The summed E-state index contributed by atoms with van der Waals surface area (Å²) in [6.07, 6.45) is 3.33. The topological polar surface area (TPSA) is 92.4 Å². The Kier molecular flexibility index (Phi) is 4.45. The molecule has 1 fully saturated rings. The van der Waals surface area contributed by atoms with E-state index in [0.29, 0.717) is 30.4 Å². The van der Waals surface area contributed by atoms with Gasteiger partial charge in [0.15, 0.2) is 0 Å². The van der Waals surface area contributed by atoms with Crippen LogP contribution in [0.2, 0.25) is 0 Å². The fourth-order valence-electron chi connectivity index (χ4n) is 3.27. The molecule has 0 radical (unpaired) electrons. The molecule has 0 unspecified atom stereocenters. The summed E-state index contributed by atoms with van der Waals surface area (Å²) in [6, 6.07) is 12.7. The molecular formula is C19H18N4O3. The van der Waals surface area contributed by atoms with Crippen LogP contribution in [0.3, 0.4) is 0 Å². The maximum atomic E-state index is 12.7. The summed E-state index contributed by atoms with van der Waals surface area (Å²) >= 11 is 0. The Balaban J connectivity index is 1.55. The third kappa shape index (κ3) is 3.09. The highest BCUT2D eigenvalue weighted by atomic mass is 16.5. The van der Waals surface area contributed by atoms with Crippen molar-refractivity contribution in [3.8, 4) is 11.4 Å². The molecule has 1 amide bonds. The maximum Gasteiger partial charge on any atom is 0.253 e. The van der Waals surface area contributed by atoms with E-state index in [4.69, 9.17) is 4.52 Å². The predicted molar refractivity (Wildman–Crippen MR) is 93.2 cm³/mol. The molecule has 7 heteroatoms. The zero-order chi connectivity index (χ0) is 17.9. The van der Waals surface area contributed by atoms with Crippen LogP contribution < -0.4 is 0 Å². The number of hydrogen-bond donors (Lipinski definition) is 1. The zero-order valence-electron chi connectivity index (χ0n) is 14.0. The van der Waals surface area contributed by atoms with E-state index < -0.39 is 0 Å². The Labute approximate surface area is 150 Å². The molecule has 2 atom stereocenters. The molecule has 26 heavy (non-hydrogen) atoms. The van der Waals surface area contributed by atoms with Crippen LogP contribution in [-0.2, 0) is 0 Å². The number of hydrogen-bond acceptors (Lipinski definition) is 6. The highest BCUT2D eigenvalue weighted by Crippen LogP contribution is 2.33. The average molecular weight is 350 g/mol. The van der Waals surface area contributed by atoms with E-state index >= 15 is 0 Å². The van der Waals surface area contributed by atoms with Crippen LogP contribution in [0, 0.1) is 5.92 Å². The minimum Gasteiger partial charge on any atom is -0.396 e. The van der Waals surface area contributed by atoms with Gasteiger partial charge in [0.25, 0.3) is 5.91 Å². The zero-order valence-corrected chi connectivity index (χ0v) is 14.0. The second-order valence-corrected chi connectivity index (χ2v) is 6.32. The third-order valence-electron chi connectivity index (χ3n) is 4.68. The Morgan fingerprint density at radius 3 is 2.65 bits per heavy atom. The standard InChI is InChI=1S/C19H18N4O3/c24-12-15-10-23(19(25)14-4-2-1-3-5-14)11-16(15)18-21-17(22-26-18)13-6-8-20-9-7-13/h1-9,15-16,24H,10-12H2/t15-,16+/m0/s1. The lowest BCUT2D eigenvalue weighted by Crippen LogP contribution is -2.29. The molecular weight excluding hydrogens is 332 g/mol. The van der Waals surface area contributed by atoms with E-state index in [1.54, 1.807) is 41.6 Å². The molecule has 132 valence electrons. The molecule has 2 aromatic heterocycles. The van der Waals surface area contributed by atoms with E-state index in [1.165, 1.54) is 0 Å². The van der Waals surface area contributed by atoms with E-state index in [2.05, 4.69) is 15.1 Å². The lowest BCUT2D eigenvalue weighted by atomic mass is 9.97. The van der Waals surface area contributed by atoms with Gasteiger partial charge in [0, 0.05) is 49.1 Å². The summed E-state index contributed by atoms with van der Waals surface area (Å²) in [4.78, 5) is 22.9. The maximum absolute atomic E-state index is 12.7. The van der Waals surface area contributed by atoms with Crippen LogP contribution >= 0.6 is 0 Å². The molecule has 0 saturated carbocycles. The normalized spacial score (nSPS) is 19.7. The highest BCUT2D eigenvalue weighted by Gasteiger charge is 2.39. The minimum absolute atomic E-state index is 0.0454. The molecule has 1 aromatic carbocycles. The fraction of sp³-hybridized carbons (Fsp3) is 0.263. The number of likely N-dealkylation sites (tertiary alicyclic amines) is 1. The van der Waals surface area contributed by atoms with Crippen molar-refractivity contribution in [3.63, 3.8) is 0 Å². The van der Waals surface area contributed by atoms with Crippen LogP contribution in [0.5, 0.6) is 0 Å². The molecule has 0 aliphatic carbocycles. The summed E-state index contributed by atoms with van der Waals surface area (Å²) in [5.74, 6) is 0.552. The fourth-order valence-corrected chi connectivity index (χ4v) is 3.27. The van der Waals surface area contributed by atoms with Crippen LogP contribution in [0.4, 0.5) is 0 Å². The molecule has 3 aromatic rings. The van der Waals surface area contributed by atoms with Crippen LogP contribution in [0.1, 0.15) is 22.2 Å². The van der Waals surface area contributed by atoms with Gasteiger partial charge >= 0.3 is 0 Å². The number of benzene rings is 1. The third-order valence-corrected chi connectivity index (χ3v) is 4.68. The van der Waals surface area contributed by atoms with Crippen molar-refractivity contribution in [1.29, 1.82) is 0 Å². The van der Waals surface area contributed by atoms with E-state index in [-0.39, 0.29) is 24.3 Å². The van der Waals surface area contributed by atoms with Gasteiger partial charge < -0.3 is 14.5 Å². The minimum atomic E-state index is -0.184. The molecule has 0 bridgehead atoms. The Morgan fingerprint density at radius 2 is 1.92 bits per heavy atom. The van der Waals surface area contributed by atoms with E-state index in [9.17, 15) is 9.90 Å². The van der Waals surface area contributed by atoms with Gasteiger partial charge in [0.2, 0.25) is 11.7 Å². The van der Waals surface area contributed by atoms with Gasteiger partial charge in [-0.05, 0) is 24.3 Å². The number of carbonyl (C=O) groups is 1. The Morgan fingerprint density at radius 1 is 1.15 bits per heavy atom. The largest absolute Gasteiger partial charge is 0.396 e. The first kappa shape index (κ1) is 16.4. The molecule has 7 nitrogen and oxygen atoms in total. The number of aliphatic hydroxyl groups excluding tert-OH is 1. The number of amides is 1. The smallest absolute Gasteiger partial charge is 0.253 e. The van der Waals surface area contributed by atoms with Gasteiger partial charge in [-0.1, -0.05) is 23.4 Å². The van der Waals surface area contributed by atoms with Crippen molar-refractivity contribution in [2.24, 2.45) is 5.92 Å². The van der Waals surface area contributed by atoms with Crippen molar-refractivity contribution < 1.29 is 14.4 Å². The molecule has 1 saturated heterocycles. The first-order valence-electron chi connectivity index (χ1n) is 8.45. The number of aromatic nitrogens is 3. The summed E-state index contributed by atoms with van der Waals surface area (Å²) in [5.41, 5.74) is 1.44. The number of carbonyl (C=O) groups excluding carboxylic acids is 1. The molecule has 1 aliphatic rings. The average Bonchev–Trinajstić information content (AvgIpc) is 3.35. The van der Waals surface area contributed by atoms with Crippen molar-refractivity contribution in [3.05, 3.63) is 66.3 Å². The van der Waals surface area contributed by atoms with Gasteiger partial charge in [0.05, 0.1) is 5.92 Å². The second kappa shape index (κ2) is 7.05. The van der Waals surface area contributed by atoms with Gasteiger partial charge in [-0.3, -0.25) is 9.78 Å². The summed E-state index contributed by atoms with van der Waals surface area (Å²) in [5, 5.41) is 13.8. The Hall–Kier alpha value is -3.06. The van der Waals surface area contributed by atoms with Gasteiger partial charge in [-0.15, -0.1) is 0 Å². The lowest BCUT2D eigenvalue weighted by Gasteiger charge is -2.15. The Bertz CT molecular complexity index is 882. The van der Waals surface area contributed by atoms with Crippen molar-refractivity contribution in [1.82, 2.24) is 20.0 Å². The molecule has 0 spiro atoms. The molecule has 3 heterocycles. The SMILES string of the molecule is O=C(c1ccccc1)N1C[C@@H](CO)[C@H](c2nc(-c3ccncc3)no2)C1. The van der Waals surface area contributed by atoms with Crippen molar-refractivity contribution in [2.45, 2.75) is 5.92 Å². The van der Waals surface area contributed by atoms with Crippen molar-refractivity contribution in [2.75, 3.05) is 19.7 Å². The number of rotatable bonds is 4. The summed E-state index contributed by atoms with van der Waals surface area (Å²) in [6.45, 7) is 0.856. The summed E-state index contributed by atoms with van der Waals surface area (Å²) in [7, 11) is 0. The quantitative estimate of drug-likeness (QED) is 0.773.